The standard InChI is InChI=1S/C14H15NO3/c1-9-8-18-14(17)15(9)13(16)12-7-11(12)10-5-3-2-4-6-10/h2-6,9,11-12H,7-8H2,1H3/t9-,11-,12+/m0/s1. The van der Waals surface area contributed by atoms with E-state index < -0.39 is 6.09 Å². The molecule has 0 aromatic heterocycles. The van der Waals surface area contributed by atoms with E-state index in [-0.39, 0.29) is 23.8 Å². The minimum absolute atomic E-state index is 0.0551. The van der Waals surface area contributed by atoms with Gasteiger partial charge in [-0.3, -0.25) is 4.79 Å². The average molecular weight is 245 g/mol. The van der Waals surface area contributed by atoms with Gasteiger partial charge in [-0.25, -0.2) is 9.69 Å². The molecule has 18 heavy (non-hydrogen) atoms. The molecule has 1 aliphatic carbocycles. The lowest BCUT2D eigenvalue weighted by Gasteiger charge is -2.15. The Hall–Kier alpha value is -1.84. The number of imide groups is 1. The Kier molecular flexibility index (Phi) is 2.58. The molecule has 0 unspecified atom stereocenters. The summed E-state index contributed by atoms with van der Waals surface area (Å²) in [5.74, 6) is 0.124. The van der Waals surface area contributed by atoms with Gasteiger partial charge in [-0.1, -0.05) is 30.3 Å². The van der Waals surface area contributed by atoms with Gasteiger partial charge in [-0.15, -0.1) is 0 Å². The van der Waals surface area contributed by atoms with Crippen molar-refractivity contribution in [2.75, 3.05) is 6.61 Å². The Morgan fingerprint density at radius 2 is 2.06 bits per heavy atom. The van der Waals surface area contributed by atoms with E-state index in [9.17, 15) is 9.59 Å². The molecule has 0 radical (unpaired) electrons. The Morgan fingerprint density at radius 3 is 2.67 bits per heavy atom. The maximum atomic E-state index is 12.2. The van der Waals surface area contributed by atoms with Crippen molar-refractivity contribution < 1.29 is 14.3 Å². The van der Waals surface area contributed by atoms with Crippen molar-refractivity contribution in [1.29, 1.82) is 0 Å². The van der Waals surface area contributed by atoms with E-state index in [1.165, 1.54) is 10.5 Å². The number of hydrogen-bond acceptors (Lipinski definition) is 3. The highest BCUT2D eigenvalue weighted by Gasteiger charge is 2.49. The van der Waals surface area contributed by atoms with Crippen LogP contribution in [-0.2, 0) is 9.53 Å². The maximum absolute atomic E-state index is 12.2. The zero-order valence-electron chi connectivity index (χ0n) is 10.2. The van der Waals surface area contributed by atoms with E-state index in [1.54, 1.807) is 0 Å². The average Bonchev–Trinajstić information content (AvgIpc) is 3.11. The van der Waals surface area contributed by atoms with E-state index in [0.717, 1.165) is 6.42 Å². The number of carbonyl (C=O) groups is 2. The minimum Gasteiger partial charge on any atom is -0.447 e. The zero-order valence-corrected chi connectivity index (χ0v) is 10.2. The van der Waals surface area contributed by atoms with Gasteiger partial charge in [0.15, 0.2) is 0 Å². The van der Waals surface area contributed by atoms with Crippen LogP contribution in [0.3, 0.4) is 0 Å². The van der Waals surface area contributed by atoms with E-state index >= 15 is 0 Å². The van der Waals surface area contributed by atoms with Crippen LogP contribution in [0.15, 0.2) is 30.3 Å². The van der Waals surface area contributed by atoms with Crippen LogP contribution in [0.2, 0.25) is 0 Å². The van der Waals surface area contributed by atoms with Crippen LogP contribution in [0.4, 0.5) is 4.79 Å². The molecule has 94 valence electrons. The first-order valence-corrected chi connectivity index (χ1v) is 6.23. The number of nitrogens with zero attached hydrogens (tertiary/aromatic N) is 1. The lowest BCUT2D eigenvalue weighted by Crippen LogP contribution is -2.38. The third-order valence-electron chi connectivity index (χ3n) is 3.66. The smallest absolute Gasteiger partial charge is 0.416 e. The van der Waals surface area contributed by atoms with Gasteiger partial charge in [0.1, 0.15) is 6.61 Å². The molecule has 1 saturated heterocycles. The quantitative estimate of drug-likeness (QED) is 0.802. The fraction of sp³-hybridized carbons (Fsp3) is 0.429. The third kappa shape index (κ3) is 1.78. The molecule has 1 aliphatic heterocycles. The summed E-state index contributed by atoms with van der Waals surface area (Å²) in [4.78, 5) is 25.0. The van der Waals surface area contributed by atoms with Crippen LogP contribution in [-0.4, -0.2) is 29.5 Å². The summed E-state index contributed by atoms with van der Waals surface area (Å²) < 4.78 is 4.88. The SMILES string of the molecule is C[C@H]1COC(=O)N1C(=O)[C@@H]1C[C@H]1c1ccccc1. The van der Waals surface area contributed by atoms with Gasteiger partial charge in [-0.2, -0.15) is 0 Å². The van der Waals surface area contributed by atoms with Crippen LogP contribution in [0.1, 0.15) is 24.8 Å². The van der Waals surface area contributed by atoms with Gasteiger partial charge >= 0.3 is 6.09 Å². The van der Waals surface area contributed by atoms with Crippen LogP contribution >= 0.6 is 0 Å². The van der Waals surface area contributed by atoms with Gasteiger partial charge in [-0.05, 0) is 24.8 Å². The summed E-state index contributed by atoms with van der Waals surface area (Å²) in [5.41, 5.74) is 1.18. The Balaban J connectivity index is 1.71. The summed E-state index contributed by atoms with van der Waals surface area (Å²) >= 11 is 0. The van der Waals surface area contributed by atoms with Crippen molar-refractivity contribution in [2.45, 2.75) is 25.3 Å². The highest BCUT2D eigenvalue weighted by Crippen LogP contribution is 2.48. The summed E-state index contributed by atoms with van der Waals surface area (Å²) in [5, 5.41) is 0. The molecule has 2 aliphatic rings. The number of rotatable bonds is 2. The number of ether oxygens (including phenoxy) is 1. The number of amides is 2. The predicted molar refractivity (Wildman–Crippen MR) is 64.9 cm³/mol. The van der Waals surface area contributed by atoms with E-state index in [4.69, 9.17) is 4.74 Å². The van der Waals surface area contributed by atoms with Crippen molar-refractivity contribution in [3.63, 3.8) is 0 Å². The molecule has 3 rings (SSSR count). The van der Waals surface area contributed by atoms with Gasteiger partial charge in [0.2, 0.25) is 5.91 Å². The lowest BCUT2D eigenvalue weighted by atomic mass is 10.1. The molecule has 1 aromatic carbocycles. The third-order valence-corrected chi connectivity index (χ3v) is 3.66. The van der Waals surface area contributed by atoms with E-state index in [0.29, 0.717) is 6.61 Å². The molecular weight excluding hydrogens is 230 g/mol. The Morgan fingerprint density at radius 1 is 1.33 bits per heavy atom. The maximum Gasteiger partial charge on any atom is 0.416 e. The highest BCUT2D eigenvalue weighted by atomic mass is 16.6. The first-order valence-electron chi connectivity index (χ1n) is 6.23. The molecular formula is C14H15NO3. The summed E-state index contributed by atoms with van der Waals surface area (Å²) in [6.07, 6.45) is 0.338. The summed E-state index contributed by atoms with van der Waals surface area (Å²) in [6, 6.07) is 9.84. The predicted octanol–water partition coefficient (Wildman–Crippen LogP) is 2.16. The monoisotopic (exact) mass is 245 g/mol. The van der Waals surface area contributed by atoms with Crippen LogP contribution in [0.5, 0.6) is 0 Å². The molecule has 0 spiro atoms. The largest absolute Gasteiger partial charge is 0.447 e. The van der Waals surface area contributed by atoms with Crippen LogP contribution in [0.25, 0.3) is 0 Å². The normalized spacial score (nSPS) is 30.2. The first-order chi connectivity index (χ1) is 8.68. The highest BCUT2D eigenvalue weighted by molar-refractivity contribution is 5.96. The second-order valence-corrected chi connectivity index (χ2v) is 4.99. The molecule has 0 N–H and O–H groups in total. The molecule has 0 bridgehead atoms. The lowest BCUT2D eigenvalue weighted by molar-refractivity contribution is -0.130. The summed E-state index contributed by atoms with van der Waals surface area (Å²) in [7, 11) is 0. The van der Waals surface area contributed by atoms with Gasteiger partial charge in [0.05, 0.1) is 6.04 Å². The van der Waals surface area contributed by atoms with Crippen molar-refractivity contribution in [2.24, 2.45) is 5.92 Å². The molecule has 2 fully saturated rings. The van der Waals surface area contributed by atoms with Gasteiger partial charge < -0.3 is 4.74 Å². The minimum atomic E-state index is -0.494. The van der Waals surface area contributed by atoms with Gasteiger partial charge in [0, 0.05) is 5.92 Å². The van der Waals surface area contributed by atoms with Gasteiger partial charge in [0.25, 0.3) is 0 Å². The molecule has 2 amide bonds. The fourth-order valence-electron chi connectivity index (χ4n) is 2.54. The molecule has 1 saturated carbocycles. The Bertz CT molecular complexity index is 485. The van der Waals surface area contributed by atoms with Crippen molar-refractivity contribution in [1.82, 2.24) is 4.90 Å². The number of cyclic esters (lactones) is 1. The van der Waals surface area contributed by atoms with Crippen LogP contribution < -0.4 is 0 Å². The second-order valence-electron chi connectivity index (χ2n) is 4.99. The number of carbonyl (C=O) groups excluding carboxylic acids is 2. The molecule has 1 aromatic rings. The van der Waals surface area contributed by atoms with Crippen LogP contribution in [0, 0.1) is 5.92 Å². The summed E-state index contributed by atoms with van der Waals surface area (Å²) in [6.45, 7) is 2.15. The van der Waals surface area contributed by atoms with Crippen molar-refractivity contribution >= 4 is 12.0 Å². The van der Waals surface area contributed by atoms with Crippen molar-refractivity contribution in [3.8, 4) is 0 Å². The molecule has 1 heterocycles. The topological polar surface area (TPSA) is 46.6 Å². The molecule has 4 nitrogen and oxygen atoms in total. The van der Waals surface area contributed by atoms with E-state index in [1.807, 2.05) is 37.3 Å². The first kappa shape index (κ1) is 11.3. The zero-order chi connectivity index (χ0) is 12.7. The van der Waals surface area contributed by atoms with E-state index in [2.05, 4.69) is 0 Å². The fourth-order valence-corrected chi connectivity index (χ4v) is 2.54. The number of hydrogen-bond donors (Lipinski definition) is 0. The molecule has 4 heteroatoms. The Labute approximate surface area is 106 Å². The van der Waals surface area contributed by atoms with Crippen molar-refractivity contribution in [3.05, 3.63) is 35.9 Å². The molecule has 3 atom stereocenters. The second kappa shape index (κ2) is 4.12. The number of benzene rings is 1.